The summed E-state index contributed by atoms with van der Waals surface area (Å²) >= 11 is 0. The molecule has 2 fully saturated rings. The number of nitrogens with one attached hydrogen (secondary N) is 1. The van der Waals surface area contributed by atoms with E-state index in [4.69, 9.17) is 9.78 Å². The van der Waals surface area contributed by atoms with Crippen LogP contribution in [0.4, 0.5) is 0 Å². The second-order valence-electron chi connectivity index (χ2n) is 7.79. The highest BCUT2D eigenvalue weighted by molar-refractivity contribution is 5.59. The van der Waals surface area contributed by atoms with Gasteiger partial charge < -0.3 is 9.84 Å². The Hall–Kier alpha value is -2.90. The molecule has 2 aromatic carbocycles. The third-order valence-corrected chi connectivity index (χ3v) is 5.93. The Balaban J connectivity index is 1.24. The van der Waals surface area contributed by atoms with Gasteiger partial charge in [-0.15, -0.1) is 0 Å². The Labute approximate surface area is 158 Å². The number of hydrogen-bond acceptors (Lipinski definition) is 4. The molecule has 2 aliphatic rings. The maximum absolute atomic E-state index is 8.93. The Bertz CT molecular complexity index is 980. The zero-order valence-corrected chi connectivity index (χ0v) is 15.1. The fraction of sp³-hybridized carbons (Fsp3) is 0.304. The maximum atomic E-state index is 8.93. The topological polar surface area (TPSA) is 61.9 Å². The molecule has 2 aliphatic carbocycles. The molecule has 0 spiro atoms. The molecule has 2 atom stereocenters. The SMILES string of the molecule is N#Cc1ccc(-c2cc(C3(CN[C@H]4C[C@@H]4c4ccccc4)CC3)no2)cc1. The van der Waals surface area contributed by atoms with Gasteiger partial charge in [0.2, 0.25) is 0 Å². The van der Waals surface area contributed by atoms with E-state index in [2.05, 4.69) is 52.9 Å². The molecule has 27 heavy (non-hydrogen) atoms. The molecule has 2 saturated carbocycles. The van der Waals surface area contributed by atoms with Crippen LogP contribution < -0.4 is 5.32 Å². The van der Waals surface area contributed by atoms with E-state index in [0.717, 1.165) is 36.4 Å². The third kappa shape index (κ3) is 3.15. The summed E-state index contributed by atoms with van der Waals surface area (Å²) in [7, 11) is 0. The molecule has 4 heteroatoms. The minimum Gasteiger partial charge on any atom is -0.356 e. The molecule has 0 unspecified atom stereocenters. The minimum absolute atomic E-state index is 0.123. The van der Waals surface area contributed by atoms with Gasteiger partial charge in [-0.1, -0.05) is 35.5 Å². The molecule has 0 saturated heterocycles. The molecule has 5 rings (SSSR count). The fourth-order valence-electron chi connectivity index (χ4n) is 3.86. The highest BCUT2D eigenvalue weighted by atomic mass is 16.5. The summed E-state index contributed by atoms with van der Waals surface area (Å²) < 4.78 is 5.60. The van der Waals surface area contributed by atoms with Crippen LogP contribution in [0, 0.1) is 11.3 Å². The summed E-state index contributed by atoms with van der Waals surface area (Å²) in [6.07, 6.45) is 3.53. The zero-order valence-electron chi connectivity index (χ0n) is 15.1. The fourth-order valence-corrected chi connectivity index (χ4v) is 3.86. The van der Waals surface area contributed by atoms with Crippen LogP contribution in [0.15, 0.2) is 65.2 Å². The molecule has 4 nitrogen and oxygen atoms in total. The van der Waals surface area contributed by atoms with E-state index in [1.54, 1.807) is 0 Å². The van der Waals surface area contributed by atoms with Gasteiger partial charge in [-0.05, 0) is 49.1 Å². The van der Waals surface area contributed by atoms with Gasteiger partial charge in [-0.25, -0.2) is 0 Å². The van der Waals surface area contributed by atoms with Gasteiger partial charge in [0.25, 0.3) is 0 Å². The lowest BCUT2D eigenvalue weighted by molar-refractivity contribution is 0.409. The van der Waals surface area contributed by atoms with Crippen LogP contribution in [-0.4, -0.2) is 17.7 Å². The van der Waals surface area contributed by atoms with Crippen LogP contribution in [0.25, 0.3) is 11.3 Å². The second kappa shape index (κ2) is 6.37. The predicted octanol–water partition coefficient (Wildman–Crippen LogP) is 4.39. The van der Waals surface area contributed by atoms with Crippen LogP contribution in [0.5, 0.6) is 0 Å². The van der Waals surface area contributed by atoms with E-state index in [1.165, 1.54) is 12.0 Å². The Morgan fingerprint density at radius 3 is 2.59 bits per heavy atom. The Morgan fingerprint density at radius 1 is 1.11 bits per heavy atom. The average molecular weight is 355 g/mol. The smallest absolute Gasteiger partial charge is 0.167 e. The number of benzene rings is 2. The van der Waals surface area contributed by atoms with E-state index >= 15 is 0 Å². The van der Waals surface area contributed by atoms with Crippen LogP contribution in [-0.2, 0) is 5.41 Å². The second-order valence-corrected chi connectivity index (χ2v) is 7.79. The van der Waals surface area contributed by atoms with Crippen molar-refractivity contribution in [2.24, 2.45) is 0 Å². The van der Waals surface area contributed by atoms with Crippen LogP contribution in [0.3, 0.4) is 0 Å². The largest absolute Gasteiger partial charge is 0.356 e. The molecule has 0 radical (unpaired) electrons. The summed E-state index contributed by atoms with van der Waals surface area (Å²) in [4.78, 5) is 0. The lowest BCUT2D eigenvalue weighted by atomic mass is 10.0. The van der Waals surface area contributed by atoms with E-state index in [0.29, 0.717) is 17.5 Å². The van der Waals surface area contributed by atoms with Gasteiger partial charge in [0.15, 0.2) is 5.76 Å². The quantitative estimate of drug-likeness (QED) is 0.712. The molecular weight excluding hydrogens is 334 g/mol. The van der Waals surface area contributed by atoms with Crippen molar-refractivity contribution in [3.05, 3.63) is 77.5 Å². The number of hydrogen-bond donors (Lipinski definition) is 1. The van der Waals surface area contributed by atoms with Crippen molar-refractivity contribution in [1.29, 1.82) is 5.26 Å². The Morgan fingerprint density at radius 2 is 1.89 bits per heavy atom. The summed E-state index contributed by atoms with van der Waals surface area (Å²) in [5, 5.41) is 17.0. The number of rotatable bonds is 6. The monoisotopic (exact) mass is 355 g/mol. The van der Waals surface area contributed by atoms with Gasteiger partial charge in [0, 0.05) is 35.5 Å². The van der Waals surface area contributed by atoms with Gasteiger partial charge in [-0.2, -0.15) is 5.26 Å². The van der Waals surface area contributed by atoms with Gasteiger partial charge in [-0.3, -0.25) is 0 Å². The number of nitriles is 1. The van der Waals surface area contributed by atoms with E-state index in [-0.39, 0.29) is 5.41 Å². The van der Waals surface area contributed by atoms with Gasteiger partial charge in [0.05, 0.1) is 17.3 Å². The van der Waals surface area contributed by atoms with E-state index in [1.807, 2.05) is 24.3 Å². The predicted molar refractivity (Wildman–Crippen MR) is 103 cm³/mol. The molecule has 0 amide bonds. The van der Waals surface area contributed by atoms with Crippen molar-refractivity contribution >= 4 is 0 Å². The first-order valence-electron chi connectivity index (χ1n) is 9.53. The average Bonchev–Trinajstić information content (AvgIpc) is 3.64. The standard InChI is InChI=1S/C23H21N3O/c24-14-16-6-8-18(9-7-16)21-13-22(26-27-21)23(10-11-23)15-25-20-12-19(20)17-4-2-1-3-5-17/h1-9,13,19-20,25H,10-12,15H2/t19-,20+/m1/s1. The van der Waals surface area contributed by atoms with Crippen molar-refractivity contribution in [3.8, 4) is 17.4 Å². The first-order chi connectivity index (χ1) is 13.3. The number of nitrogens with zero attached hydrogens (tertiary/aromatic N) is 2. The van der Waals surface area contributed by atoms with Crippen molar-refractivity contribution < 1.29 is 4.52 Å². The molecule has 1 N–H and O–H groups in total. The molecule has 0 aliphatic heterocycles. The molecule has 1 heterocycles. The van der Waals surface area contributed by atoms with Crippen LogP contribution in [0.2, 0.25) is 0 Å². The first-order valence-corrected chi connectivity index (χ1v) is 9.53. The third-order valence-electron chi connectivity index (χ3n) is 5.93. The lowest BCUT2D eigenvalue weighted by Crippen LogP contribution is -2.29. The van der Waals surface area contributed by atoms with Gasteiger partial charge in [0.1, 0.15) is 0 Å². The van der Waals surface area contributed by atoms with Crippen molar-refractivity contribution in [2.45, 2.75) is 36.6 Å². The molecular formula is C23H21N3O. The molecule has 1 aromatic heterocycles. The van der Waals surface area contributed by atoms with Gasteiger partial charge >= 0.3 is 0 Å². The normalized spacial score (nSPS) is 22.2. The summed E-state index contributed by atoms with van der Waals surface area (Å²) in [6, 6.07) is 23.0. The van der Waals surface area contributed by atoms with Crippen LogP contribution >= 0.6 is 0 Å². The first kappa shape index (κ1) is 16.3. The highest BCUT2D eigenvalue weighted by Gasteiger charge is 2.49. The molecule has 134 valence electrons. The van der Waals surface area contributed by atoms with Crippen LogP contribution in [0.1, 0.15) is 42.0 Å². The van der Waals surface area contributed by atoms with Crippen molar-refractivity contribution in [2.75, 3.05) is 6.54 Å². The zero-order chi connectivity index (χ0) is 18.3. The lowest BCUT2D eigenvalue weighted by Gasteiger charge is -2.13. The molecule has 0 bridgehead atoms. The maximum Gasteiger partial charge on any atom is 0.167 e. The van der Waals surface area contributed by atoms with E-state index in [9.17, 15) is 0 Å². The van der Waals surface area contributed by atoms with E-state index < -0.39 is 0 Å². The Kier molecular flexibility index (Phi) is 3.84. The molecule has 3 aromatic rings. The summed E-state index contributed by atoms with van der Waals surface area (Å²) in [6.45, 7) is 0.959. The number of aromatic nitrogens is 1. The summed E-state index contributed by atoms with van der Waals surface area (Å²) in [5.41, 5.74) is 4.22. The summed E-state index contributed by atoms with van der Waals surface area (Å²) in [5.74, 6) is 1.42. The van der Waals surface area contributed by atoms with Crippen molar-refractivity contribution in [1.82, 2.24) is 10.5 Å². The highest BCUT2D eigenvalue weighted by Crippen LogP contribution is 2.49. The minimum atomic E-state index is 0.123. The van der Waals surface area contributed by atoms with Crippen molar-refractivity contribution in [3.63, 3.8) is 0 Å².